The van der Waals surface area contributed by atoms with E-state index in [0.29, 0.717) is 6.42 Å². The summed E-state index contributed by atoms with van der Waals surface area (Å²) in [4.78, 5) is 9.72. The van der Waals surface area contributed by atoms with Crippen LogP contribution in [0.4, 0.5) is 0 Å². The third kappa shape index (κ3) is 6.20. The average Bonchev–Trinajstić information content (AvgIpc) is 1.82. The van der Waals surface area contributed by atoms with Crippen molar-refractivity contribution in [2.75, 3.05) is 6.61 Å². The molecule has 0 amide bonds. The molecule has 0 aromatic heterocycles. The van der Waals surface area contributed by atoms with Gasteiger partial charge in [0, 0.05) is 4.57 Å². The molecule has 0 spiro atoms. The van der Waals surface area contributed by atoms with Crippen molar-refractivity contribution in [2.45, 2.75) is 13.3 Å². The van der Waals surface area contributed by atoms with Crippen LogP contribution in [0.5, 0.6) is 0 Å². The largest absolute Gasteiger partial charge is 0.744 e. The average molecular weight is 185 g/mol. The summed E-state index contributed by atoms with van der Waals surface area (Å²) in [6.45, 7) is 2.04. The quantitative estimate of drug-likeness (QED) is 0.599. The minimum Gasteiger partial charge on any atom is -0.563 e. The van der Waals surface area contributed by atoms with Gasteiger partial charge >= 0.3 is 16.5 Å². The Morgan fingerprint density at radius 3 is 2.50 bits per heavy atom. The molecule has 0 saturated heterocycles. The molecule has 0 rings (SSSR count). The molecule has 0 heterocycles. The number of hydrogen-bond donors (Lipinski definition) is 0. The predicted octanol–water partition coefficient (Wildman–Crippen LogP) is 1.10. The van der Waals surface area contributed by atoms with Gasteiger partial charge in [-0.3, -0.25) is 0 Å². The second-order valence-corrected chi connectivity index (χ2v) is 3.17. The monoisotopic (exact) mass is 185 g/mol. The lowest BCUT2D eigenvalue weighted by molar-refractivity contribution is -0.178. The van der Waals surface area contributed by atoms with Gasteiger partial charge in [0.25, 0.3) is 0 Å². The van der Waals surface area contributed by atoms with Crippen LogP contribution < -0.4 is 4.89 Å². The minimum absolute atomic E-state index is 0.235. The van der Waals surface area contributed by atoms with Crippen LogP contribution in [0.25, 0.3) is 0 Å². The predicted molar refractivity (Wildman–Crippen MR) is 32.5 cm³/mol. The van der Waals surface area contributed by atoms with E-state index in [1.807, 2.05) is 0 Å². The maximum absolute atomic E-state index is 10.3. The van der Waals surface area contributed by atoms with E-state index in [0.717, 1.165) is 0 Å². The standard InChI is InChI=1S/C3H7O5P2/c1-2-3-7-10(6)8-9(4)5/h2-3H2,1H3/q+1. The topological polar surface area (TPSA) is 75.7 Å². The summed E-state index contributed by atoms with van der Waals surface area (Å²) < 4.78 is 28.3. The van der Waals surface area contributed by atoms with Crippen LogP contribution >= 0.6 is 16.5 Å². The number of rotatable bonds is 5. The summed E-state index contributed by atoms with van der Waals surface area (Å²) >= 11 is 0. The van der Waals surface area contributed by atoms with E-state index in [2.05, 4.69) is 8.83 Å². The van der Waals surface area contributed by atoms with Crippen molar-refractivity contribution in [1.82, 2.24) is 0 Å². The Morgan fingerprint density at radius 2 is 2.10 bits per heavy atom. The summed E-state index contributed by atoms with van der Waals surface area (Å²) in [5, 5.41) is 0. The molecule has 7 heteroatoms. The van der Waals surface area contributed by atoms with Crippen LogP contribution in [-0.2, 0) is 18.0 Å². The highest BCUT2D eigenvalue weighted by molar-refractivity contribution is 7.46. The number of hydrogen-bond acceptors (Lipinski definition) is 5. The summed E-state index contributed by atoms with van der Waals surface area (Å²) in [5.41, 5.74) is 0. The smallest absolute Gasteiger partial charge is 0.563 e. The van der Waals surface area contributed by atoms with Crippen molar-refractivity contribution in [2.24, 2.45) is 0 Å². The fourth-order valence-corrected chi connectivity index (χ4v) is 1.20. The zero-order chi connectivity index (χ0) is 7.98. The first-order valence-corrected chi connectivity index (χ1v) is 4.78. The summed E-state index contributed by atoms with van der Waals surface area (Å²) in [6.07, 6.45) is 0.667. The van der Waals surface area contributed by atoms with Gasteiger partial charge in [-0.05, 0) is 11.0 Å². The van der Waals surface area contributed by atoms with Gasteiger partial charge in [0.05, 0.1) is 0 Å². The molecular formula is C3H7O5P2+. The van der Waals surface area contributed by atoms with E-state index in [1.54, 1.807) is 6.92 Å². The minimum atomic E-state index is -3.07. The molecule has 0 aromatic carbocycles. The Balaban J connectivity index is 3.35. The maximum Gasteiger partial charge on any atom is 0.744 e. The van der Waals surface area contributed by atoms with Crippen LogP contribution in [0, 0.1) is 0 Å². The van der Waals surface area contributed by atoms with Gasteiger partial charge in [-0.1, -0.05) is 6.92 Å². The highest BCUT2D eigenvalue weighted by atomic mass is 31.2. The Hall–Kier alpha value is 0.0800. The van der Waals surface area contributed by atoms with Crippen molar-refractivity contribution in [3.8, 4) is 0 Å². The molecule has 10 heavy (non-hydrogen) atoms. The van der Waals surface area contributed by atoms with Gasteiger partial charge in [0.1, 0.15) is 10.9 Å². The van der Waals surface area contributed by atoms with Crippen LogP contribution in [-0.4, -0.2) is 6.61 Å². The second kappa shape index (κ2) is 5.83. The van der Waals surface area contributed by atoms with Crippen LogP contribution in [0.2, 0.25) is 0 Å². The van der Waals surface area contributed by atoms with Gasteiger partial charge in [0.2, 0.25) is 0 Å². The normalized spacial score (nSPS) is 13.0. The molecule has 0 saturated carbocycles. The summed E-state index contributed by atoms with van der Waals surface area (Å²) in [7, 11) is -5.54. The molecule has 58 valence electrons. The van der Waals surface area contributed by atoms with Crippen molar-refractivity contribution in [1.29, 1.82) is 0 Å². The molecule has 2 atom stereocenters. The lowest BCUT2D eigenvalue weighted by Crippen LogP contribution is -1.88. The van der Waals surface area contributed by atoms with Crippen molar-refractivity contribution < 1.29 is 22.9 Å². The van der Waals surface area contributed by atoms with Gasteiger partial charge in [-0.2, -0.15) is 0 Å². The molecule has 0 bridgehead atoms. The molecule has 0 N–H and O–H groups in total. The lowest BCUT2D eigenvalue weighted by atomic mass is 10.5. The van der Waals surface area contributed by atoms with Crippen LogP contribution in [0.3, 0.4) is 0 Å². The molecule has 0 aliphatic heterocycles. The fraction of sp³-hybridized carbons (Fsp3) is 1.00. The second-order valence-electron chi connectivity index (χ2n) is 1.36. The highest BCUT2D eigenvalue weighted by Gasteiger charge is 2.29. The first-order chi connectivity index (χ1) is 4.66. The first kappa shape index (κ1) is 10.1. The Kier molecular flexibility index (Phi) is 5.88. The lowest BCUT2D eigenvalue weighted by Gasteiger charge is -1.79. The molecule has 0 radical (unpaired) electrons. The van der Waals surface area contributed by atoms with Gasteiger partial charge in [-0.15, -0.1) is 4.52 Å². The molecule has 5 nitrogen and oxygen atoms in total. The van der Waals surface area contributed by atoms with E-state index in [9.17, 15) is 14.0 Å². The van der Waals surface area contributed by atoms with Crippen molar-refractivity contribution in [3.63, 3.8) is 0 Å². The highest BCUT2D eigenvalue weighted by Crippen LogP contribution is 2.33. The van der Waals surface area contributed by atoms with Gasteiger partial charge in [0.15, 0.2) is 0 Å². The summed E-state index contributed by atoms with van der Waals surface area (Å²) in [5.74, 6) is 0. The molecular weight excluding hydrogens is 178 g/mol. The van der Waals surface area contributed by atoms with E-state index in [-0.39, 0.29) is 6.61 Å². The molecule has 2 unspecified atom stereocenters. The molecule has 0 fully saturated rings. The van der Waals surface area contributed by atoms with E-state index in [1.165, 1.54) is 0 Å². The molecule has 0 aliphatic carbocycles. The van der Waals surface area contributed by atoms with Gasteiger partial charge < -0.3 is 4.89 Å². The summed E-state index contributed by atoms with van der Waals surface area (Å²) in [6, 6.07) is 0. The zero-order valence-corrected chi connectivity index (χ0v) is 7.14. The van der Waals surface area contributed by atoms with Crippen LogP contribution in [0.15, 0.2) is 0 Å². The molecule has 0 aromatic rings. The zero-order valence-electron chi connectivity index (χ0n) is 5.35. The van der Waals surface area contributed by atoms with Crippen molar-refractivity contribution in [3.05, 3.63) is 0 Å². The Labute approximate surface area is 60.2 Å². The van der Waals surface area contributed by atoms with E-state index < -0.39 is 16.5 Å². The van der Waals surface area contributed by atoms with E-state index >= 15 is 0 Å². The van der Waals surface area contributed by atoms with E-state index in [4.69, 9.17) is 0 Å². The van der Waals surface area contributed by atoms with Crippen molar-refractivity contribution >= 4 is 16.5 Å². The van der Waals surface area contributed by atoms with Gasteiger partial charge in [-0.25, -0.2) is 0 Å². The maximum atomic E-state index is 10.3. The Bertz CT molecular complexity index is 135. The Morgan fingerprint density at radius 1 is 1.50 bits per heavy atom. The third-order valence-electron chi connectivity index (χ3n) is 0.534. The SMILES string of the molecule is CCCO[P+](=O)O[P+](=O)[O-]. The fourth-order valence-electron chi connectivity index (χ4n) is 0.244. The first-order valence-electron chi connectivity index (χ1n) is 2.59. The van der Waals surface area contributed by atoms with Crippen LogP contribution in [0.1, 0.15) is 13.3 Å². The molecule has 0 aliphatic rings. The third-order valence-corrected chi connectivity index (χ3v) is 1.99.